The summed E-state index contributed by atoms with van der Waals surface area (Å²) in [6.07, 6.45) is 5.28. The Morgan fingerprint density at radius 2 is 1.64 bits per heavy atom. The lowest BCUT2D eigenvalue weighted by Gasteiger charge is -2.15. The number of aliphatic hydroxyl groups excluding tert-OH is 1. The maximum Gasteiger partial charge on any atom is 0.336 e. The molecule has 0 spiro atoms. The van der Waals surface area contributed by atoms with Gasteiger partial charge in [0.1, 0.15) is 0 Å². The van der Waals surface area contributed by atoms with Crippen LogP contribution in [0, 0.1) is 17.8 Å². The molecule has 22 heavy (non-hydrogen) atoms. The fraction of sp³-hybridized carbons (Fsp3) is 0.867. The van der Waals surface area contributed by atoms with Gasteiger partial charge in [-0.25, -0.2) is 4.79 Å². The number of nitrogens with two attached hydrogens (primary N) is 1. The first kappa shape index (κ1) is 21.1. The number of esters is 1. The van der Waals surface area contributed by atoms with Gasteiger partial charge in [-0.05, 0) is 24.7 Å². The van der Waals surface area contributed by atoms with Crippen LogP contribution in [0.2, 0.25) is 0 Å². The molecule has 130 valence electrons. The van der Waals surface area contributed by atoms with Gasteiger partial charge in [-0.3, -0.25) is 4.79 Å². The van der Waals surface area contributed by atoms with Crippen molar-refractivity contribution in [2.45, 2.75) is 57.6 Å². The average molecular weight is 338 g/mol. The van der Waals surface area contributed by atoms with E-state index >= 15 is 0 Å². The molecule has 0 aromatic heterocycles. The molecule has 0 heterocycles. The minimum atomic E-state index is -1.16. The van der Waals surface area contributed by atoms with E-state index in [1.165, 1.54) is 32.8 Å². The summed E-state index contributed by atoms with van der Waals surface area (Å²) in [7, 11) is 1.25. The molecule has 2 aliphatic carbocycles. The van der Waals surface area contributed by atoms with Crippen molar-refractivity contribution in [1.29, 1.82) is 0 Å². The number of carbonyl (C=O) groups excluding carboxylic acids is 1. The first-order chi connectivity index (χ1) is 9.85. The fourth-order valence-electron chi connectivity index (χ4n) is 2.12. The van der Waals surface area contributed by atoms with Gasteiger partial charge >= 0.3 is 11.9 Å². The fourth-order valence-corrected chi connectivity index (χ4v) is 2.12. The molecular weight excluding hydrogens is 310 g/mol. The smallest absolute Gasteiger partial charge is 0.336 e. The van der Waals surface area contributed by atoms with E-state index in [2.05, 4.69) is 4.74 Å². The molecule has 0 bridgehead atoms. The number of carboxylic acid groups (broad SMARTS) is 1. The Hall–Kier alpha value is -0.850. The second kappa shape index (κ2) is 10.0. The number of aliphatic hydroxyl groups is 1. The number of carboxylic acids is 1. The van der Waals surface area contributed by atoms with E-state index in [4.69, 9.17) is 10.8 Å². The van der Waals surface area contributed by atoms with Gasteiger partial charge in [-0.2, -0.15) is 0 Å². The Morgan fingerprint density at radius 3 is 2.00 bits per heavy atom. The average Bonchev–Trinajstić information content (AvgIpc) is 3.33. The molecule has 4 N–H and O–H groups in total. The SMILES string of the molecule is CC(CC1CC1)C(=O)O.COC(=O)C(O)C(N)CC1CC1.Cl. The molecule has 6 nitrogen and oxygen atoms in total. The number of aliphatic carboxylic acids is 1. The molecule has 0 radical (unpaired) electrons. The number of ether oxygens (including phenoxy) is 1. The summed E-state index contributed by atoms with van der Waals surface area (Å²) in [5.41, 5.74) is 5.58. The van der Waals surface area contributed by atoms with Crippen LogP contribution in [0.3, 0.4) is 0 Å². The van der Waals surface area contributed by atoms with Crippen LogP contribution < -0.4 is 5.73 Å². The monoisotopic (exact) mass is 337 g/mol. The van der Waals surface area contributed by atoms with Crippen molar-refractivity contribution in [2.24, 2.45) is 23.5 Å². The standard InChI is InChI=1S/C8H15NO3.C7H12O2.ClH/c1-12-8(11)7(10)6(9)4-5-2-3-5;1-5(7(8)9)4-6-2-3-6;/h5-7,10H,2-4,9H2,1H3;5-6H,2-4H2,1H3,(H,8,9);1H. The van der Waals surface area contributed by atoms with Crippen LogP contribution in [0.1, 0.15) is 45.4 Å². The van der Waals surface area contributed by atoms with Gasteiger partial charge in [0, 0.05) is 6.04 Å². The molecule has 0 aromatic carbocycles. The first-order valence-corrected chi connectivity index (χ1v) is 7.59. The van der Waals surface area contributed by atoms with Crippen LogP contribution >= 0.6 is 12.4 Å². The molecule has 0 amide bonds. The van der Waals surface area contributed by atoms with Gasteiger partial charge < -0.3 is 20.7 Å². The van der Waals surface area contributed by atoms with E-state index in [-0.39, 0.29) is 18.3 Å². The van der Waals surface area contributed by atoms with Crippen molar-refractivity contribution < 1.29 is 24.5 Å². The van der Waals surface area contributed by atoms with E-state index in [9.17, 15) is 14.7 Å². The van der Waals surface area contributed by atoms with Gasteiger partial charge in [-0.15, -0.1) is 12.4 Å². The second-order valence-corrected chi connectivity index (χ2v) is 6.23. The highest BCUT2D eigenvalue weighted by Crippen LogP contribution is 2.35. The highest BCUT2D eigenvalue weighted by Gasteiger charge is 2.30. The molecule has 7 heteroatoms. The van der Waals surface area contributed by atoms with E-state index in [0.29, 0.717) is 5.92 Å². The predicted molar refractivity (Wildman–Crippen MR) is 84.7 cm³/mol. The summed E-state index contributed by atoms with van der Waals surface area (Å²) in [5.74, 6) is -0.0713. The van der Waals surface area contributed by atoms with Crippen molar-refractivity contribution >= 4 is 24.3 Å². The normalized spacial score (nSPS) is 20.5. The number of carbonyl (C=O) groups is 2. The third-order valence-electron chi connectivity index (χ3n) is 3.96. The summed E-state index contributed by atoms with van der Waals surface area (Å²) >= 11 is 0. The molecule has 2 saturated carbocycles. The number of rotatable bonds is 7. The zero-order valence-electron chi connectivity index (χ0n) is 13.2. The van der Waals surface area contributed by atoms with E-state index in [1.54, 1.807) is 6.92 Å². The van der Waals surface area contributed by atoms with Crippen LogP contribution in [0.4, 0.5) is 0 Å². The summed E-state index contributed by atoms with van der Waals surface area (Å²) < 4.78 is 4.37. The van der Waals surface area contributed by atoms with E-state index < -0.39 is 24.1 Å². The van der Waals surface area contributed by atoms with E-state index in [0.717, 1.165) is 18.8 Å². The predicted octanol–water partition coefficient (Wildman–Crippen LogP) is 1.58. The van der Waals surface area contributed by atoms with Crippen molar-refractivity contribution in [2.75, 3.05) is 7.11 Å². The van der Waals surface area contributed by atoms with Crippen molar-refractivity contribution in [3.63, 3.8) is 0 Å². The van der Waals surface area contributed by atoms with Crippen LogP contribution in [-0.4, -0.2) is 41.4 Å². The van der Waals surface area contributed by atoms with Crippen LogP contribution in [0.5, 0.6) is 0 Å². The molecule has 3 unspecified atom stereocenters. The zero-order chi connectivity index (χ0) is 16.0. The Morgan fingerprint density at radius 1 is 1.18 bits per heavy atom. The quantitative estimate of drug-likeness (QED) is 0.608. The molecule has 2 fully saturated rings. The van der Waals surface area contributed by atoms with Crippen molar-refractivity contribution in [1.82, 2.24) is 0 Å². The molecule has 0 aromatic rings. The Bertz CT molecular complexity index is 358. The highest BCUT2D eigenvalue weighted by molar-refractivity contribution is 5.85. The van der Waals surface area contributed by atoms with Crippen molar-refractivity contribution in [3.05, 3.63) is 0 Å². The molecule has 2 rings (SSSR count). The van der Waals surface area contributed by atoms with Crippen LogP contribution in [-0.2, 0) is 14.3 Å². The third-order valence-corrected chi connectivity index (χ3v) is 3.96. The molecule has 3 atom stereocenters. The Labute approximate surface area is 137 Å². The number of halogens is 1. The van der Waals surface area contributed by atoms with Gasteiger partial charge in [0.15, 0.2) is 6.10 Å². The van der Waals surface area contributed by atoms with Gasteiger partial charge in [0.05, 0.1) is 13.0 Å². The topological polar surface area (TPSA) is 110 Å². The molecule has 0 saturated heterocycles. The van der Waals surface area contributed by atoms with E-state index in [1.807, 2.05) is 0 Å². The van der Waals surface area contributed by atoms with Gasteiger partial charge in [-0.1, -0.05) is 32.6 Å². The molecule has 0 aliphatic heterocycles. The van der Waals surface area contributed by atoms with Crippen molar-refractivity contribution in [3.8, 4) is 0 Å². The minimum absolute atomic E-state index is 0. The lowest BCUT2D eigenvalue weighted by atomic mass is 10.1. The number of hydrogen-bond acceptors (Lipinski definition) is 5. The number of hydrogen-bond donors (Lipinski definition) is 3. The summed E-state index contributed by atoms with van der Waals surface area (Å²) in [6, 6.07) is -0.468. The Kier molecular flexibility index (Phi) is 9.64. The Balaban J connectivity index is 0.000000397. The highest BCUT2D eigenvalue weighted by atomic mass is 35.5. The molecular formula is C15H28ClNO5. The number of methoxy groups -OCH3 is 1. The second-order valence-electron chi connectivity index (χ2n) is 6.23. The first-order valence-electron chi connectivity index (χ1n) is 7.59. The van der Waals surface area contributed by atoms with Gasteiger partial charge in [0.25, 0.3) is 0 Å². The maximum absolute atomic E-state index is 10.8. The largest absolute Gasteiger partial charge is 0.481 e. The minimum Gasteiger partial charge on any atom is -0.481 e. The lowest BCUT2D eigenvalue weighted by Crippen LogP contribution is -2.41. The third kappa shape index (κ3) is 8.56. The summed E-state index contributed by atoms with van der Waals surface area (Å²) in [5, 5.41) is 17.7. The van der Waals surface area contributed by atoms with Gasteiger partial charge in [0.2, 0.25) is 0 Å². The maximum atomic E-state index is 10.8. The summed E-state index contributed by atoms with van der Waals surface area (Å²) in [4.78, 5) is 21.1. The lowest BCUT2D eigenvalue weighted by molar-refractivity contribution is -0.151. The summed E-state index contributed by atoms with van der Waals surface area (Å²) in [6.45, 7) is 1.78. The zero-order valence-corrected chi connectivity index (χ0v) is 14.1. The molecule has 2 aliphatic rings. The van der Waals surface area contributed by atoms with Crippen LogP contribution in [0.25, 0.3) is 0 Å². The van der Waals surface area contributed by atoms with Crippen LogP contribution in [0.15, 0.2) is 0 Å².